The minimum Gasteiger partial charge on any atom is -0.278 e. The van der Waals surface area contributed by atoms with Crippen molar-refractivity contribution >= 4 is 43.6 Å². The molecule has 0 spiro atoms. The Morgan fingerprint density at radius 3 is 1.43 bits per heavy atom. The third kappa shape index (κ3) is 5.29. The topological polar surface area (TPSA) is 48.5 Å². The molecule has 5 heteroatoms. The Labute approximate surface area is 351 Å². The van der Waals surface area contributed by atoms with Gasteiger partial charge >= 0.3 is 0 Å². The smallest absolute Gasteiger partial charge is 0.240 e. The number of hydrogen-bond acceptors (Lipinski definition) is 3. The van der Waals surface area contributed by atoms with Crippen molar-refractivity contribution < 1.29 is 27.4 Å². The van der Waals surface area contributed by atoms with E-state index in [0.29, 0.717) is 0 Å². The molecule has 8 aromatic carbocycles. The second-order valence-corrected chi connectivity index (χ2v) is 12.6. The van der Waals surface area contributed by atoms with Crippen molar-refractivity contribution in [1.29, 1.82) is 0 Å². The Kier molecular flexibility index (Phi) is 4.12. The third-order valence-electron chi connectivity index (χ3n) is 9.40. The summed E-state index contributed by atoms with van der Waals surface area (Å²) in [5.74, 6) is -1.36. The van der Waals surface area contributed by atoms with Gasteiger partial charge in [0.05, 0.1) is 49.5 Å². The van der Waals surface area contributed by atoms with Crippen LogP contribution in [-0.4, -0.2) is 24.1 Å². The predicted molar refractivity (Wildman–Crippen MR) is 230 cm³/mol. The lowest BCUT2D eigenvalue weighted by atomic mass is 9.98. The maximum Gasteiger partial charge on any atom is 0.240 e. The number of rotatable bonds is 6. The first-order valence-corrected chi connectivity index (χ1v) is 17.2. The first kappa shape index (κ1) is 17.7. The van der Waals surface area contributed by atoms with E-state index in [1.165, 1.54) is 0 Å². The van der Waals surface area contributed by atoms with Gasteiger partial charge in [-0.3, -0.25) is 9.13 Å². The van der Waals surface area contributed by atoms with Crippen molar-refractivity contribution in [3.05, 3.63) is 200 Å². The average Bonchev–Trinajstić information content (AvgIpc) is 4.03. The van der Waals surface area contributed by atoms with Gasteiger partial charge in [-0.15, -0.1) is 0 Å². The van der Waals surface area contributed by atoms with Gasteiger partial charge in [0.1, 0.15) is 0 Å². The summed E-state index contributed by atoms with van der Waals surface area (Å²) in [7, 11) is 0. The van der Waals surface area contributed by atoms with E-state index in [4.69, 9.17) is 32.8 Å². The molecule has 11 rings (SSSR count). The fourth-order valence-corrected chi connectivity index (χ4v) is 6.84. The predicted octanol–water partition coefficient (Wildman–Crippen LogP) is 12.7. The Morgan fingerprint density at radius 1 is 0.339 bits per heavy atom. The maximum absolute atomic E-state index is 9.84. The molecule has 0 N–H and O–H groups in total. The van der Waals surface area contributed by atoms with Crippen LogP contribution in [0.15, 0.2) is 200 Å². The van der Waals surface area contributed by atoms with E-state index in [2.05, 4.69) is 0 Å². The Bertz CT molecular complexity index is 4300. The summed E-state index contributed by atoms with van der Waals surface area (Å²) < 4.78 is 181. The van der Waals surface area contributed by atoms with Gasteiger partial charge in [-0.2, -0.15) is 15.0 Å². The zero-order valence-electron chi connectivity index (χ0n) is 48.7. The fourth-order valence-electron chi connectivity index (χ4n) is 6.84. The first-order chi connectivity index (χ1) is 36.1. The molecule has 5 nitrogen and oxygen atoms in total. The molecule has 0 radical (unpaired) electrons. The molecule has 3 aromatic heterocycles. The summed E-state index contributed by atoms with van der Waals surface area (Å²) in [6.45, 7) is 0. The van der Waals surface area contributed by atoms with Crippen LogP contribution in [0.2, 0.25) is 0 Å². The average molecular weight is 736 g/mol. The van der Waals surface area contributed by atoms with Gasteiger partial charge in [0.15, 0.2) is 5.82 Å². The van der Waals surface area contributed by atoms with Gasteiger partial charge in [-0.25, -0.2) is 0 Å². The Morgan fingerprint density at radius 2 is 0.821 bits per heavy atom. The number of aromatic nitrogens is 5. The largest absolute Gasteiger partial charge is 0.278 e. The number of nitrogens with zero attached hydrogens (tertiary/aromatic N) is 5. The molecule has 0 aliphatic rings. The second kappa shape index (κ2) is 13.0. The van der Waals surface area contributed by atoms with Crippen LogP contribution in [0.25, 0.3) is 100 Å². The van der Waals surface area contributed by atoms with Crippen molar-refractivity contribution in [3.63, 3.8) is 0 Å². The highest BCUT2D eigenvalue weighted by Gasteiger charge is 2.21. The van der Waals surface area contributed by atoms with Gasteiger partial charge in [0.25, 0.3) is 0 Å². The van der Waals surface area contributed by atoms with Crippen LogP contribution < -0.4 is 0 Å². The highest BCUT2D eigenvalue weighted by Crippen LogP contribution is 2.36. The van der Waals surface area contributed by atoms with Crippen LogP contribution in [-0.2, 0) is 0 Å². The Balaban J connectivity index is 1.31. The third-order valence-corrected chi connectivity index (χ3v) is 9.40. The summed E-state index contributed by atoms with van der Waals surface area (Å²) in [4.78, 5) is 14.4. The SMILES string of the molecule is [2H]c1c([2H])c([2H])c(-c2c([2H])c([2H])c3c4c([2H])c([2H])c([2H])c([2H])c4n(-c4nc(-c5ccc(-c6cccc(-c7ccccc7)c6)cc5)nc(-n5c6c([2H])c([2H])c([2H])c([2H])c6c6c([2H])c([2H])c([2H])c([2H])c65)n4)c3c2[2H])c([2H])c1[2H]. The fraction of sp³-hybridized carbons (Fsp3) is 0. The normalized spacial score (nSPS) is 16.6. The van der Waals surface area contributed by atoms with E-state index in [9.17, 15) is 9.60 Å². The van der Waals surface area contributed by atoms with E-state index in [-0.39, 0.29) is 38.6 Å². The van der Waals surface area contributed by atoms with Gasteiger partial charge < -0.3 is 0 Å². The minimum atomic E-state index is -0.820. The van der Waals surface area contributed by atoms with Crippen LogP contribution in [0.5, 0.6) is 0 Å². The molecule has 0 bridgehead atoms. The van der Waals surface area contributed by atoms with Crippen molar-refractivity contribution in [3.8, 4) is 56.7 Å². The quantitative estimate of drug-likeness (QED) is 0.171. The van der Waals surface area contributed by atoms with Gasteiger partial charge in [-0.05, 0) is 63.6 Å². The van der Waals surface area contributed by atoms with E-state index < -0.39 is 160 Å². The molecule has 0 amide bonds. The molecule has 0 atom stereocenters. The van der Waals surface area contributed by atoms with Gasteiger partial charge in [0.2, 0.25) is 11.9 Å². The molecule has 3 heterocycles. The number of fused-ring (bicyclic) bond motifs is 6. The van der Waals surface area contributed by atoms with Crippen molar-refractivity contribution in [2.75, 3.05) is 0 Å². The zero-order chi connectivity index (χ0) is 54.4. The molecular formula is C51H33N5. The van der Waals surface area contributed by atoms with Crippen LogP contribution in [0.4, 0.5) is 0 Å². The number of para-hydroxylation sites is 3. The Hall–Kier alpha value is -7.63. The molecule has 56 heavy (non-hydrogen) atoms. The van der Waals surface area contributed by atoms with Crippen LogP contribution in [0.3, 0.4) is 0 Å². The molecule has 0 unspecified atom stereocenters. The van der Waals surface area contributed by atoms with Crippen LogP contribution >= 0.6 is 0 Å². The minimum absolute atomic E-state index is 0.224. The molecule has 0 aliphatic carbocycles. The van der Waals surface area contributed by atoms with Crippen molar-refractivity contribution in [1.82, 2.24) is 24.1 Å². The molecule has 11 aromatic rings. The summed E-state index contributed by atoms with van der Waals surface area (Å²) in [6, 6.07) is 9.30. The van der Waals surface area contributed by atoms with E-state index in [1.54, 1.807) is 24.3 Å². The summed E-state index contributed by atoms with van der Waals surface area (Å²) >= 11 is 0. The van der Waals surface area contributed by atoms with Crippen molar-refractivity contribution in [2.24, 2.45) is 0 Å². The number of hydrogen-bond donors (Lipinski definition) is 0. The van der Waals surface area contributed by atoms with E-state index in [1.807, 2.05) is 54.6 Å². The summed E-state index contributed by atoms with van der Waals surface area (Å²) in [6.07, 6.45) is 0. The summed E-state index contributed by atoms with van der Waals surface area (Å²) in [5, 5.41) is -1.42. The molecule has 0 fully saturated rings. The molecular weight excluding hydrogens is 683 g/mol. The van der Waals surface area contributed by atoms with Crippen molar-refractivity contribution in [2.45, 2.75) is 0 Å². The second-order valence-electron chi connectivity index (χ2n) is 12.6. The van der Waals surface area contributed by atoms with E-state index >= 15 is 0 Å². The highest BCUT2D eigenvalue weighted by molar-refractivity contribution is 6.10. The monoisotopic (exact) mass is 735 g/mol. The molecule has 262 valence electrons. The van der Waals surface area contributed by atoms with Gasteiger partial charge in [0, 0.05) is 27.1 Å². The molecule has 0 aliphatic heterocycles. The molecule has 0 saturated carbocycles. The number of benzene rings is 8. The van der Waals surface area contributed by atoms with Gasteiger partial charge in [-0.1, -0.05) is 169 Å². The highest BCUT2D eigenvalue weighted by atomic mass is 15.3. The lowest BCUT2D eigenvalue weighted by Gasteiger charge is -2.13. The van der Waals surface area contributed by atoms with E-state index in [0.717, 1.165) is 31.4 Å². The summed E-state index contributed by atoms with van der Waals surface area (Å²) in [5.41, 5.74) is 0.796. The molecule has 0 saturated heterocycles. The zero-order valence-corrected chi connectivity index (χ0v) is 28.7. The lowest BCUT2D eigenvalue weighted by Crippen LogP contribution is -2.10. The first-order valence-electron chi connectivity index (χ1n) is 27.2. The maximum atomic E-state index is 9.84. The standard InChI is InChI=1S/C51H33N5/c1-3-14-34(15-4-1)38-18-13-19-39(32-38)36-26-28-37(29-27-36)49-52-50(55-45-23-10-7-20-41(45)42-21-8-11-24-46(42)55)54-51(53-49)56-47-25-12-9-22-43(47)44-31-30-40(33-48(44)56)35-16-5-2-6-17-35/h1-33H/i2D,5D,6D,7D,8D,9D,10D,11D,12D,16D,17D,20D,21D,22D,23D,24D,25D,30D,31D,33D. The van der Waals surface area contributed by atoms with Crippen LogP contribution in [0.1, 0.15) is 27.4 Å². The van der Waals surface area contributed by atoms with Crippen LogP contribution in [0, 0.1) is 0 Å². The lowest BCUT2D eigenvalue weighted by molar-refractivity contribution is 0.893.